The number of amides is 1. The van der Waals surface area contributed by atoms with E-state index in [1.54, 1.807) is 6.07 Å². The highest BCUT2D eigenvalue weighted by molar-refractivity contribution is 9.10. The topological polar surface area (TPSA) is 88.7 Å². The van der Waals surface area contributed by atoms with Crippen molar-refractivity contribution in [2.45, 2.75) is 20.1 Å². The fraction of sp³-hybridized carbons (Fsp3) is 0.107. The highest BCUT2D eigenvalue weighted by atomic mass is 79.9. The number of hydrogen-bond donors (Lipinski definition) is 2. The lowest BCUT2D eigenvalue weighted by Crippen LogP contribution is -2.24. The standard InChI is InChI=1S/C28H23BrN4O3/c1-18-6-2-5-9-26(18)36-17-27-31-23-7-3-4-8-24(23)33(27)16-28(35)32-30-15-22-21-12-11-20(29)14-19(21)10-13-25(22)34/h2-15,34H,16-17H2,1H3,(H,32,35). The summed E-state index contributed by atoms with van der Waals surface area (Å²) in [5.74, 6) is 1.16. The fourth-order valence-corrected chi connectivity index (χ4v) is 4.45. The average molecular weight is 543 g/mol. The number of phenols is 1. The first kappa shape index (κ1) is 23.6. The van der Waals surface area contributed by atoms with E-state index in [9.17, 15) is 9.90 Å². The van der Waals surface area contributed by atoms with Crippen LogP contribution in [0.2, 0.25) is 0 Å². The molecular weight excluding hydrogens is 520 g/mol. The molecule has 2 N–H and O–H groups in total. The number of rotatable bonds is 7. The van der Waals surface area contributed by atoms with Crippen molar-refractivity contribution in [1.82, 2.24) is 15.0 Å². The second kappa shape index (κ2) is 10.2. The molecule has 1 amide bonds. The van der Waals surface area contributed by atoms with Gasteiger partial charge < -0.3 is 14.4 Å². The number of nitrogens with zero attached hydrogens (tertiary/aromatic N) is 3. The molecule has 1 heterocycles. The number of phenolic OH excluding ortho intramolecular Hbond substituents is 1. The molecule has 0 aliphatic heterocycles. The van der Waals surface area contributed by atoms with Crippen LogP contribution < -0.4 is 10.2 Å². The van der Waals surface area contributed by atoms with Crippen LogP contribution in [-0.2, 0) is 17.9 Å². The minimum atomic E-state index is -0.325. The van der Waals surface area contributed by atoms with Crippen LogP contribution in [0.4, 0.5) is 0 Å². The number of hydrazone groups is 1. The van der Waals surface area contributed by atoms with Crippen LogP contribution in [0.15, 0.2) is 88.4 Å². The van der Waals surface area contributed by atoms with Crippen LogP contribution in [0.1, 0.15) is 17.0 Å². The van der Waals surface area contributed by atoms with E-state index < -0.39 is 0 Å². The van der Waals surface area contributed by atoms with Gasteiger partial charge in [0.1, 0.15) is 30.5 Å². The third kappa shape index (κ3) is 4.94. The zero-order valence-corrected chi connectivity index (χ0v) is 21.1. The number of aromatic hydroxyl groups is 1. The second-order valence-electron chi connectivity index (χ2n) is 8.31. The smallest absolute Gasteiger partial charge is 0.260 e. The quantitative estimate of drug-likeness (QED) is 0.204. The van der Waals surface area contributed by atoms with Crippen LogP contribution >= 0.6 is 15.9 Å². The summed E-state index contributed by atoms with van der Waals surface area (Å²) >= 11 is 3.46. The third-order valence-electron chi connectivity index (χ3n) is 5.87. The number of imidazole rings is 1. The molecule has 7 nitrogen and oxygen atoms in total. The molecule has 180 valence electrons. The molecule has 5 aromatic rings. The lowest BCUT2D eigenvalue weighted by atomic mass is 10.0. The summed E-state index contributed by atoms with van der Waals surface area (Å²) in [6.07, 6.45) is 1.46. The first-order valence-corrected chi connectivity index (χ1v) is 12.1. The van der Waals surface area contributed by atoms with Crippen molar-refractivity contribution in [1.29, 1.82) is 0 Å². The summed E-state index contributed by atoms with van der Waals surface area (Å²) in [5, 5.41) is 16.2. The van der Waals surface area contributed by atoms with E-state index in [0.29, 0.717) is 11.4 Å². The first-order valence-electron chi connectivity index (χ1n) is 11.4. The van der Waals surface area contributed by atoms with Crippen molar-refractivity contribution < 1.29 is 14.6 Å². The SMILES string of the molecule is Cc1ccccc1OCc1nc2ccccc2n1CC(=O)NN=Cc1c(O)ccc2cc(Br)ccc12. The van der Waals surface area contributed by atoms with Gasteiger partial charge in [0.15, 0.2) is 0 Å². The largest absolute Gasteiger partial charge is 0.507 e. The highest BCUT2D eigenvalue weighted by Gasteiger charge is 2.14. The maximum Gasteiger partial charge on any atom is 0.260 e. The van der Waals surface area contributed by atoms with E-state index in [-0.39, 0.29) is 24.8 Å². The Kier molecular flexibility index (Phi) is 6.69. The molecule has 0 saturated carbocycles. The Bertz CT molecular complexity index is 1610. The molecule has 4 aromatic carbocycles. The minimum Gasteiger partial charge on any atom is -0.507 e. The number of halogens is 1. The Balaban J connectivity index is 1.35. The van der Waals surface area contributed by atoms with Crippen molar-refractivity contribution in [3.63, 3.8) is 0 Å². The van der Waals surface area contributed by atoms with E-state index in [0.717, 1.165) is 37.6 Å². The molecule has 0 aliphatic carbocycles. The van der Waals surface area contributed by atoms with Crippen LogP contribution in [0.25, 0.3) is 21.8 Å². The summed E-state index contributed by atoms with van der Waals surface area (Å²) in [6, 6.07) is 24.6. The van der Waals surface area contributed by atoms with E-state index >= 15 is 0 Å². The van der Waals surface area contributed by atoms with Gasteiger partial charge in [0.2, 0.25) is 0 Å². The molecule has 0 radical (unpaired) electrons. The monoisotopic (exact) mass is 542 g/mol. The number of aromatic nitrogens is 2. The number of carbonyl (C=O) groups is 1. The Morgan fingerprint density at radius 2 is 1.92 bits per heavy atom. The zero-order valence-electron chi connectivity index (χ0n) is 19.5. The Morgan fingerprint density at radius 3 is 2.78 bits per heavy atom. The van der Waals surface area contributed by atoms with Gasteiger partial charge >= 0.3 is 0 Å². The molecule has 8 heteroatoms. The number of carbonyl (C=O) groups excluding carboxylic acids is 1. The normalized spacial score (nSPS) is 11.4. The maximum atomic E-state index is 12.8. The van der Waals surface area contributed by atoms with Crippen molar-refractivity contribution in [3.05, 3.63) is 100 Å². The fourth-order valence-electron chi connectivity index (χ4n) is 4.07. The molecular formula is C28H23BrN4O3. The van der Waals surface area contributed by atoms with Crippen LogP contribution in [0, 0.1) is 6.92 Å². The van der Waals surface area contributed by atoms with Crippen molar-refractivity contribution in [2.75, 3.05) is 0 Å². The molecule has 0 atom stereocenters. The van der Waals surface area contributed by atoms with E-state index in [2.05, 4.69) is 31.4 Å². The molecule has 0 bridgehead atoms. The number of para-hydroxylation sites is 3. The number of benzene rings is 4. The van der Waals surface area contributed by atoms with Gasteiger partial charge in [-0.05, 0) is 59.7 Å². The third-order valence-corrected chi connectivity index (χ3v) is 6.36. The van der Waals surface area contributed by atoms with Crippen molar-refractivity contribution >= 4 is 49.9 Å². The maximum absolute atomic E-state index is 12.8. The lowest BCUT2D eigenvalue weighted by Gasteiger charge is -2.11. The summed E-state index contributed by atoms with van der Waals surface area (Å²) in [5.41, 5.74) is 5.73. The number of aryl methyl sites for hydroxylation is 1. The van der Waals surface area contributed by atoms with Crippen LogP contribution in [-0.4, -0.2) is 26.8 Å². The summed E-state index contributed by atoms with van der Waals surface area (Å²) in [4.78, 5) is 17.5. The van der Waals surface area contributed by atoms with Gasteiger partial charge in [-0.2, -0.15) is 5.10 Å². The Morgan fingerprint density at radius 1 is 1.11 bits per heavy atom. The summed E-state index contributed by atoms with van der Waals surface area (Å²) in [6.45, 7) is 2.21. The predicted molar refractivity (Wildman–Crippen MR) is 144 cm³/mol. The van der Waals surface area contributed by atoms with E-state index in [4.69, 9.17) is 4.74 Å². The van der Waals surface area contributed by atoms with Gasteiger partial charge in [0, 0.05) is 10.0 Å². The summed E-state index contributed by atoms with van der Waals surface area (Å²) in [7, 11) is 0. The second-order valence-corrected chi connectivity index (χ2v) is 9.23. The molecule has 0 unspecified atom stereocenters. The molecule has 0 aliphatic rings. The van der Waals surface area contributed by atoms with E-state index in [1.807, 2.05) is 84.3 Å². The highest BCUT2D eigenvalue weighted by Crippen LogP contribution is 2.28. The first-order chi connectivity index (χ1) is 17.5. The van der Waals surface area contributed by atoms with E-state index in [1.165, 1.54) is 6.21 Å². The van der Waals surface area contributed by atoms with Crippen LogP contribution in [0.3, 0.4) is 0 Å². The number of hydrogen-bond acceptors (Lipinski definition) is 5. The number of fused-ring (bicyclic) bond motifs is 2. The molecule has 0 spiro atoms. The van der Waals surface area contributed by atoms with Gasteiger partial charge in [0.05, 0.1) is 17.2 Å². The van der Waals surface area contributed by atoms with Crippen molar-refractivity contribution in [2.24, 2.45) is 5.10 Å². The van der Waals surface area contributed by atoms with Crippen LogP contribution in [0.5, 0.6) is 11.5 Å². The minimum absolute atomic E-state index is 0.0127. The van der Waals surface area contributed by atoms with Gasteiger partial charge in [-0.15, -0.1) is 0 Å². The van der Waals surface area contributed by atoms with Gasteiger partial charge in [-0.25, -0.2) is 10.4 Å². The number of nitrogens with one attached hydrogen (secondary N) is 1. The Hall–Kier alpha value is -4.17. The molecule has 0 saturated heterocycles. The molecule has 5 rings (SSSR count). The Labute approximate surface area is 216 Å². The predicted octanol–water partition coefficient (Wildman–Crippen LogP) is 5.70. The lowest BCUT2D eigenvalue weighted by molar-refractivity contribution is -0.121. The summed E-state index contributed by atoms with van der Waals surface area (Å²) < 4.78 is 8.76. The van der Waals surface area contributed by atoms with Crippen molar-refractivity contribution in [3.8, 4) is 11.5 Å². The van der Waals surface area contributed by atoms with Gasteiger partial charge in [-0.3, -0.25) is 4.79 Å². The molecule has 36 heavy (non-hydrogen) atoms. The van der Waals surface area contributed by atoms with Gasteiger partial charge in [0.25, 0.3) is 5.91 Å². The average Bonchev–Trinajstić information content (AvgIpc) is 3.22. The molecule has 1 aromatic heterocycles. The zero-order chi connectivity index (χ0) is 25.1. The van der Waals surface area contributed by atoms with Gasteiger partial charge in [-0.1, -0.05) is 58.4 Å². The molecule has 0 fully saturated rings. The number of ether oxygens (including phenoxy) is 1.